The molecule has 0 aromatic heterocycles. The molecule has 0 saturated carbocycles. The van der Waals surface area contributed by atoms with Crippen molar-refractivity contribution < 1.29 is 4.18 Å². The van der Waals surface area contributed by atoms with Crippen LogP contribution in [0.25, 0.3) is 0 Å². The zero-order chi connectivity index (χ0) is 9.40. The van der Waals surface area contributed by atoms with E-state index in [9.17, 15) is 0 Å². The highest BCUT2D eigenvalue weighted by Crippen LogP contribution is 2.06. The molecule has 3 heteroatoms. The topological polar surface area (TPSA) is 21.6 Å². The summed E-state index contributed by atoms with van der Waals surface area (Å²) in [7, 11) is 0. The molecule has 0 aliphatic heterocycles. The molecule has 0 bridgehead atoms. The SMILES string of the molecule is C=C(/C=N/C(=C)OSC)CCC. The maximum Gasteiger partial charge on any atom is 0.220 e. The lowest BCUT2D eigenvalue weighted by molar-refractivity contribution is 0.499. The van der Waals surface area contributed by atoms with E-state index >= 15 is 0 Å². The van der Waals surface area contributed by atoms with Crippen LogP contribution in [-0.4, -0.2) is 12.5 Å². The maximum absolute atomic E-state index is 4.95. The Hall–Kier alpha value is -0.700. The second-order valence-electron chi connectivity index (χ2n) is 2.31. The summed E-state index contributed by atoms with van der Waals surface area (Å²) in [5.41, 5.74) is 1.00. The highest BCUT2D eigenvalue weighted by Gasteiger charge is 1.89. The van der Waals surface area contributed by atoms with Crippen molar-refractivity contribution in [3.05, 3.63) is 24.6 Å². The minimum absolute atomic E-state index is 0.416. The first-order valence-electron chi connectivity index (χ1n) is 3.82. The predicted molar refractivity (Wildman–Crippen MR) is 56.3 cm³/mol. The minimum Gasteiger partial charge on any atom is -0.407 e. The highest BCUT2D eigenvalue weighted by atomic mass is 32.2. The van der Waals surface area contributed by atoms with E-state index in [0.29, 0.717) is 5.88 Å². The van der Waals surface area contributed by atoms with Gasteiger partial charge in [-0.25, -0.2) is 4.99 Å². The molecule has 0 fully saturated rings. The Morgan fingerprint density at radius 3 is 2.75 bits per heavy atom. The Morgan fingerprint density at radius 2 is 2.25 bits per heavy atom. The molecule has 0 N–H and O–H groups in total. The van der Waals surface area contributed by atoms with Gasteiger partial charge < -0.3 is 4.18 Å². The van der Waals surface area contributed by atoms with Crippen molar-refractivity contribution >= 4 is 18.3 Å². The monoisotopic (exact) mass is 185 g/mol. The van der Waals surface area contributed by atoms with Gasteiger partial charge in [0.15, 0.2) is 0 Å². The van der Waals surface area contributed by atoms with Crippen LogP contribution in [0, 0.1) is 0 Å². The molecule has 0 aromatic carbocycles. The molecule has 0 atom stereocenters. The van der Waals surface area contributed by atoms with Gasteiger partial charge in [0.2, 0.25) is 5.88 Å². The first-order valence-corrected chi connectivity index (χ1v) is 4.97. The average Bonchev–Trinajstić information content (AvgIpc) is 2.02. The third kappa shape index (κ3) is 6.04. The Bertz CT molecular complexity index is 167. The summed E-state index contributed by atoms with van der Waals surface area (Å²) in [6.45, 7) is 9.52. The van der Waals surface area contributed by atoms with Gasteiger partial charge in [0, 0.05) is 12.5 Å². The van der Waals surface area contributed by atoms with Crippen LogP contribution in [0.4, 0.5) is 0 Å². The van der Waals surface area contributed by atoms with E-state index in [1.165, 1.54) is 12.0 Å². The Morgan fingerprint density at radius 1 is 1.58 bits per heavy atom. The fraction of sp³-hybridized carbons (Fsp3) is 0.444. The molecule has 0 amide bonds. The molecule has 0 aromatic rings. The van der Waals surface area contributed by atoms with Gasteiger partial charge in [0.05, 0.1) is 12.0 Å². The van der Waals surface area contributed by atoms with Gasteiger partial charge in [-0.1, -0.05) is 19.9 Å². The normalized spacial score (nSPS) is 10.2. The summed E-state index contributed by atoms with van der Waals surface area (Å²) < 4.78 is 4.95. The van der Waals surface area contributed by atoms with Crippen molar-refractivity contribution in [3.63, 3.8) is 0 Å². The smallest absolute Gasteiger partial charge is 0.220 e. The molecule has 12 heavy (non-hydrogen) atoms. The van der Waals surface area contributed by atoms with Crippen molar-refractivity contribution in [2.24, 2.45) is 4.99 Å². The number of hydrogen-bond acceptors (Lipinski definition) is 3. The zero-order valence-electron chi connectivity index (χ0n) is 7.67. The summed E-state index contributed by atoms with van der Waals surface area (Å²) in [6.07, 6.45) is 5.57. The molecule has 0 unspecified atom stereocenters. The van der Waals surface area contributed by atoms with Crippen LogP contribution in [0.1, 0.15) is 19.8 Å². The van der Waals surface area contributed by atoms with Crippen LogP contribution in [0.3, 0.4) is 0 Å². The Balaban J connectivity index is 3.73. The molecular formula is C9H15NOS. The van der Waals surface area contributed by atoms with Crippen LogP contribution < -0.4 is 0 Å². The zero-order valence-corrected chi connectivity index (χ0v) is 8.49. The predicted octanol–water partition coefficient (Wildman–Crippen LogP) is 3.18. The lowest BCUT2D eigenvalue weighted by Crippen LogP contribution is -1.84. The summed E-state index contributed by atoms with van der Waals surface area (Å²) in [4.78, 5) is 3.97. The summed E-state index contributed by atoms with van der Waals surface area (Å²) >= 11 is 1.23. The Labute approximate surface area is 78.6 Å². The van der Waals surface area contributed by atoms with E-state index in [1.54, 1.807) is 6.21 Å². The second-order valence-corrected chi connectivity index (χ2v) is 2.81. The molecule has 0 saturated heterocycles. The lowest BCUT2D eigenvalue weighted by atomic mass is 10.2. The van der Waals surface area contributed by atoms with Crippen LogP contribution in [-0.2, 0) is 4.18 Å². The van der Waals surface area contributed by atoms with Crippen molar-refractivity contribution in [3.8, 4) is 0 Å². The molecule has 2 nitrogen and oxygen atoms in total. The molecule has 0 spiro atoms. The Kier molecular flexibility index (Phi) is 6.57. The summed E-state index contributed by atoms with van der Waals surface area (Å²) in [6, 6.07) is 0. The highest BCUT2D eigenvalue weighted by molar-refractivity contribution is 7.94. The molecule has 0 aliphatic rings. The third-order valence-electron chi connectivity index (χ3n) is 1.14. The molecule has 0 radical (unpaired) electrons. The van der Waals surface area contributed by atoms with Crippen molar-refractivity contribution in [2.45, 2.75) is 19.8 Å². The quantitative estimate of drug-likeness (QED) is 0.360. The number of aliphatic imine (C=N–C) groups is 1. The first-order chi connectivity index (χ1) is 5.70. The molecule has 68 valence electrons. The van der Waals surface area contributed by atoms with Gasteiger partial charge in [-0.15, -0.1) is 0 Å². The third-order valence-corrected chi connectivity index (χ3v) is 1.50. The van der Waals surface area contributed by atoms with E-state index in [4.69, 9.17) is 4.18 Å². The van der Waals surface area contributed by atoms with Crippen LogP contribution in [0.5, 0.6) is 0 Å². The fourth-order valence-corrected chi connectivity index (χ4v) is 0.902. The van der Waals surface area contributed by atoms with Crippen LogP contribution in [0.2, 0.25) is 0 Å². The van der Waals surface area contributed by atoms with Gasteiger partial charge in [-0.2, -0.15) is 0 Å². The number of nitrogens with zero attached hydrogens (tertiary/aromatic N) is 1. The minimum atomic E-state index is 0.416. The van der Waals surface area contributed by atoms with E-state index in [-0.39, 0.29) is 0 Å². The standard InChI is InChI=1S/C9H15NOS/c1-5-6-8(2)7-10-9(3)11-12-4/h7H,2-3,5-6H2,1,4H3/b10-7+. The van der Waals surface area contributed by atoms with Gasteiger partial charge in [0.25, 0.3) is 0 Å². The second kappa shape index (κ2) is 6.98. The molecule has 0 heterocycles. The van der Waals surface area contributed by atoms with E-state index < -0.39 is 0 Å². The summed E-state index contributed by atoms with van der Waals surface area (Å²) in [5.74, 6) is 0.416. The maximum atomic E-state index is 4.95. The first kappa shape index (κ1) is 11.3. The van der Waals surface area contributed by atoms with E-state index in [1.807, 2.05) is 6.26 Å². The van der Waals surface area contributed by atoms with Gasteiger partial charge in [-0.3, -0.25) is 0 Å². The molecular weight excluding hydrogens is 170 g/mol. The fourth-order valence-electron chi connectivity index (χ4n) is 0.667. The summed E-state index contributed by atoms with van der Waals surface area (Å²) in [5, 5.41) is 0. The van der Waals surface area contributed by atoms with E-state index in [2.05, 4.69) is 25.1 Å². The van der Waals surface area contributed by atoms with Crippen LogP contribution >= 0.6 is 12.0 Å². The van der Waals surface area contributed by atoms with Crippen LogP contribution in [0.15, 0.2) is 29.6 Å². The largest absolute Gasteiger partial charge is 0.407 e. The molecule has 0 rings (SSSR count). The van der Waals surface area contributed by atoms with Gasteiger partial charge in [-0.05, 0) is 18.6 Å². The number of rotatable bonds is 6. The van der Waals surface area contributed by atoms with Gasteiger partial charge in [0.1, 0.15) is 0 Å². The van der Waals surface area contributed by atoms with Crippen molar-refractivity contribution in [1.82, 2.24) is 0 Å². The van der Waals surface area contributed by atoms with Crippen molar-refractivity contribution in [1.29, 1.82) is 0 Å². The average molecular weight is 185 g/mol. The number of allylic oxidation sites excluding steroid dienone is 1. The number of hydrogen-bond donors (Lipinski definition) is 0. The molecule has 0 aliphatic carbocycles. The van der Waals surface area contributed by atoms with Crippen molar-refractivity contribution in [2.75, 3.05) is 6.26 Å². The van der Waals surface area contributed by atoms with Gasteiger partial charge >= 0.3 is 0 Å². The van der Waals surface area contributed by atoms with E-state index in [0.717, 1.165) is 18.4 Å². The lowest BCUT2D eigenvalue weighted by Gasteiger charge is -1.98.